The Bertz CT molecular complexity index is 459. The van der Waals surface area contributed by atoms with Crippen molar-refractivity contribution in [2.75, 3.05) is 0 Å². The van der Waals surface area contributed by atoms with Crippen molar-refractivity contribution in [3.05, 3.63) is 65.2 Å². The highest BCUT2D eigenvalue weighted by molar-refractivity contribution is 6.17. The predicted octanol–water partition coefficient (Wildman–Crippen LogP) is 4.31. The summed E-state index contributed by atoms with van der Waals surface area (Å²) in [6.07, 6.45) is 0. The summed E-state index contributed by atoms with van der Waals surface area (Å²) in [7, 11) is 0. The quantitative estimate of drug-likeness (QED) is 0.731. The first-order valence-corrected chi connectivity index (χ1v) is 6.14. The molecule has 0 fully saturated rings. The van der Waals surface area contributed by atoms with Crippen LogP contribution in [0.1, 0.15) is 16.7 Å². The fraction of sp³-hybridized carbons (Fsp3) is 0.200. The van der Waals surface area contributed by atoms with Gasteiger partial charge in [0.1, 0.15) is 12.4 Å². The van der Waals surface area contributed by atoms with Crippen LogP contribution in [0.3, 0.4) is 0 Å². The maximum absolute atomic E-state index is 5.73. The molecule has 17 heavy (non-hydrogen) atoms. The van der Waals surface area contributed by atoms with Gasteiger partial charge in [-0.2, -0.15) is 0 Å². The summed E-state index contributed by atoms with van der Waals surface area (Å²) < 4.78 is 5.69. The molecule has 0 N–H and O–H groups in total. The van der Waals surface area contributed by atoms with Gasteiger partial charge in [-0.15, -0.1) is 11.6 Å². The van der Waals surface area contributed by atoms with Crippen LogP contribution in [0.25, 0.3) is 0 Å². The van der Waals surface area contributed by atoms with Crippen LogP contribution in [-0.2, 0) is 12.5 Å². The van der Waals surface area contributed by atoms with E-state index in [9.17, 15) is 0 Å². The topological polar surface area (TPSA) is 9.23 Å². The summed E-state index contributed by atoms with van der Waals surface area (Å²) in [4.78, 5) is 0. The van der Waals surface area contributed by atoms with Crippen molar-refractivity contribution in [3.63, 3.8) is 0 Å². The molecule has 0 aliphatic rings. The minimum atomic E-state index is 0.540. The molecule has 0 bridgehead atoms. The molecule has 88 valence electrons. The Morgan fingerprint density at radius 1 is 0.882 bits per heavy atom. The molecule has 0 heterocycles. The first-order valence-electron chi connectivity index (χ1n) is 5.61. The van der Waals surface area contributed by atoms with Gasteiger partial charge in [0.2, 0.25) is 0 Å². The first-order chi connectivity index (χ1) is 8.28. The third-order valence-corrected chi connectivity index (χ3v) is 2.91. The van der Waals surface area contributed by atoms with E-state index in [1.807, 2.05) is 24.3 Å². The van der Waals surface area contributed by atoms with Crippen molar-refractivity contribution >= 4 is 11.6 Å². The van der Waals surface area contributed by atoms with Gasteiger partial charge in [0.15, 0.2) is 0 Å². The number of rotatable bonds is 4. The van der Waals surface area contributed by atoms with Gasteiger partial charge in [0, 0.05) is 5.88 Å². The molecule has 0 aromatic heterocycles. The van der Waals surface area contributed by atoms with E-state index in [0.29, 0.717) is 12.5 Å². The maximum atomic E-state index is 5.73. The fourth-order valence-electron chi connectivity index (χ4n) is 1.53. The van der Waals surface area contributed by atoms with Gasteiger partial charge in [0.25, 0.3) is 0 Å². The maximum Gasteiger partial charge on any atom is 0.119 e. The minimum Gasteiger partial charge on any atom is -0.489 e. The minimum absolute atomic E-state index is 0.540. The molecule has 2 aromatic rings. The highest BCUT2D eigenvalue weighted by atomic mass is 35.5. The lowest BCUT2D eigenvalue weighted by molar-refractivity contribution is 0.306. The van der Waals surface area contributed by atoms with E-state index >= 15 is 0 Å². The summed E-state index contributed by atoms with van der Waals surface area (Å²) in [5.74, 6) is 1.41. The second kappa shape index (κ2) is 5.74. The average molecular weight is 247 g/mol. The van der Waals surface area contributed by atoms with E-state index in [2.05, 4.69) is 31.2 Å². The number of alkyl halides is 1. The third-order valence-electron chi connectivity index (χ3n) is 2.60. The molecule has 0 saturated carbocycles. The zero-order valence-electron chi connectivity index (χ0n) is 9.82. The SMILES string of the molecule is Cc1ccc(COc2ccc(CCl)cc2)cc1. The van der Waals surface area contributed by atoms with E-state index in [1.54, 1.807) is 0 Å². The lowest BCUT2D eigenvalue weighted by Crippen LogP contribution is -1.95. The normalized spacial score (nSPS) is 10.2. The Hall–Kier alpha value is -1.47. The van der Waals surface area contributed by atoms with E-state index in [-0.39, 0.29) is 0 Å². The van der Waals surface area contributed by atoms with Gasteiger partial charge in [0.05, 0.1) is 0 Å². The molecule has 2 heteroatoms. The van der Waals surface area contributed by atoms with E-state index in [4.69, 9.17) is 16.3 Å². The lowest BCUT2D eigenvalue weighted by atomic mass is 10.2. The van der Waals surface area contributed by atoms with Crippen LogP contribution in [0, 0.1) is 6.92 Å². The second-order valence-electron chi connectivity index (χ2n) is 4.05. The van der Waals surface area contributed by atoms with Gasteiger partial charge >= 0.3 is 0 Å². The molecule has 0 saturated heterocycles. The molecule has 0 atom stereocenters. The summed E-state index contributed by atoms with van der Waals surface area (Å²) in [6, 6.07) is 16.2. The van der Waals surface area contributed by atoms with Crippen molar-refractivity contribution < 1.29 is 4.74 Å². The molecule has 2 rings (SSSR count). The second-order valence-corrected chi connectivity index (χ2v) is 4.32. The van der Waals surface area contributed by atoms with Crippen molar-refractivity contribution in [1.82, 2.24) is 0 Å². The van der Waals surface area contributed by atoms with Crippen LogP contribution in [0.15, 0.2) is 48.5 Å². The Morgan fingerprint density at radius 2 is 1.47 bits per heavy atom. The van der Waals surface area contributed by atoms with Crippen molar-refractivity contribution in [2.45, 2.75) is 19.4 Å². The van der Waals surface area contributed by atoms with Crippen molar-refractivity contribution in [3.8, 4) is 5.75 Å². The molecule has 0 aliphatic heterocycles. The zero-order chi connectivity index (χ0) is 12.1. The van der Waals surface area contributed by atoms with Gasteiger partial charge in [-0.25, -0.2) is 0 Å². The number of hydrogen-bond donors (Lipinski definition) is 0. The molecule has 0 aliphatic carbocycles. The smallest absolute Gasteiger partial charge is 0.119 e. The molecular weight excluding hydrogens is 232 g/mol. The van der Waals surface area contributed by atoms with Crippen LogP contribution in [-0.4, -0.2) is 0 Å². The van der Waals surface area contributed by atoms with Crippen LogP contribution < -0.4 is 4.74 Å². The van der Waals surface area contributed by atoms with E-state index < -0.39 is 0 Å². The summed E-state index contributed by atoms with van der Waals surface area (Å²) in [5.41, 5.74) is 3.55. The Morgan fingerprint density at radius 3 is 2.06 bits per heavy atom. The number of aryl methyl sites for hydroxylation is 1. The number of halogens is 1. The largest absolute Gasteiger partial charge is 0.489 e. The average Bonchev–Trinajstić information content (AvgIpc) is 2.39. The highest BCUT2D eigenvalue weighted by Gasteiger charge is 1.96. The molecule has 0 spiro atoms. The summed E-state index contributed by atoms with van der Waals surface area (Å²) in [6.45, 7) is 2.68. The molecule has 0 amide bonds. The van der Waals surface area contributed by atoms with Gasteiger partial charge in [-0.3, -0.25) is 0 Å². The van der Waals surface area contributed by atoms with Crippen LogP contribution in [0.4, 0.5) is 0 Å². The Kier molecular flexibility index (Phi) is 4.05. The van der Waals surface area contributed by atoms with Crippen LogP contribution >= 0.6 is 11.6 Å². The van der Waals surface area contributed by atoms with E-state index in [0.717, 1.165) is 11.3 Å². The predicted molar refractivity (Wildman–Crippen MR) is 71.5 cm³/mol. The number of ether oxygens (including phenoxy) is 1. The van der Waals surface area contributed by atoms with Crippen molar-refractivity contribution in [1.29, 1.82) is 0 Å². The van der Waals surface area contributed by atoms with Gasteiger partial charge in [-0.05, 0) is 30.2 Å². The Labute approximate surface area is 107 Å². The number of hydrogen-bond acceptors (Lipinski definition) is 1. The number of benzene rings is 2. The van der Waals surface area contributed by atoms with Crippen LogP contribution in [0.2, 0.25) is 0 Å². The molecule has 0 radical (unpaired) electrons. The van der Waals surface area contributed by atoms with Gasteiger partial charge in [-0.1, -0.05) is 42.0 Å². The zero-order valence-corrected chi connectivity index (χ0v) is 10.6. The fourth-order valence-corrected chi connectivity index (χ4v) is 1.70. The van der Waals surface area contributed by atoms with Crippen LogP contribution in [0.5, 0.6) is 5.75 Å². The standard InChI is InChI=1S/C15H15ClO/c1-12-2-4-14(5-3-12)11-17-15-8-6-13(10-16)7-9-15/h2-9H,10-11H2,1H3. The molecule has 1 nitrogen and oxygen atoms in total. The molecule has 2 aromatic carbocycles. The monoisotopic (exact) mass is 246 g/mol. The molecule has 0 unspecified atom stereocenters. The first kappa shape index (κ1) is 12.0. The highest BCUT2D eigenvalue weighted by Crippen LogP contribution is 2.15. The van der Waals surface area contributed by atoms with E-state index in [1.165, 1.54) is 11.1 Å². The lowest BCUT2D eigenvalue weighted by Gasteiger charge is -2.07. The van der Waals surface area contributed by atoms with Crippen molar-refractivity contribution in [2.24, 2.45) is 0 Å². The summed E-state index contributed by atoms with van der Waals surface area (Å²) >= 11 is 5.73. The Balaban J connectivity index is 1.95. The molecular formula is C15H15ClO. The third kappa shape index (κ3) is 3.50. The van der Waals surface area contributed by atoms with Gasteiger partial charge < -0.3 is 4.74 Å². The summed E-state index contributed by atoms with van der Waals surface area (Å²) in [5, 5.41) is 0.